The molecule has 0 radical (unpaired) electrons. The van der Waals surface area contributed by atoms with Gasteiger partial charge in [0.05, 0.1) is 5.52 Å². The number of pyridine rings is 1. The summed E-state index contributed by atoms with van der Waals surface area (Å²) < 4.78 is 30.4. The molecular weight excluding hydrogens is 446 g/mol. The highest BCUT2D eigenvalue weighted by molar-refractivity contribution is 7.87. The molecule has 0 aliphatic carbocycles. The Morgan fingerprint density at radius 2 is 1.56 bits per heavy atom. The molecule has 1 fully saturated rings. The topological polar surface area (TPSA) is 62.7 Å². The summed E-state index contributed by atoms with van der Waals surface area (Å²) in [5.74, 6) is 0.313. The predicted octanol–water partition coefficient (Wildman–Crippen LogP) is 4.63. The molecule has 1 aliphatic rings. The molecule has 0 bridgehead atoms. The first-order chi connectivity index (χ1) is 16.5. The molecule has 0 spiro atoms. The van der Waals surface area contributed by atoms with Crippen molar-refractivity contribution in [2.75, 3.05) is 31.1 Å². The van der Waals surface area contributed by atoms with Crippen molar-refractivity contribution in [1.29, 1.82) is 0 Å². The fraction of sp³-hybridized carbons (Fsp3) is 0.222. The van der Waals surface area contributed by atoms with Crippen LogP contribution in [0.4, 0.5) is 5.69 Å². The number of hydrogen-bond donors (Lipinski definition) is 0. The molecule has 0 saturated carbocycles. The number of hydrogen-bond acceptors (Lipinski definition) is 6. The Hall–Kier alpha value is -3.42. The van der Waals surface area contributed by atoms with Crippen LogP contribution in [0.15, 0.2) is 90.0 Å². The van der Waals surface area contributed by atoms with Gasteiger partial charge in [-0.05, 0) is 61.0 Å². The standard InChI is InChI=1S/C27H27N3O3S/c1-21-6-12-25(13-7-21)34(31,32)33-24-10-8-23(9-11-24)30-18-16-29(17-19-30)20-22-14-15-28-27-5-3-2-4-26(22)27/h2-15H,16-20H2,1H3. The number of fused-ring (bicyclic) bond motifs is 1. The summed E-state index contributed by atoms with van der Waals surface area (Å²) >= 11 is 0. The number of rotatable bonds is 6. The summed E-state index contributed by atoms with van der Waals surface area (Å²) in [6.07, 6.45) is 1.89. The number of para-hydroxylation sites is 1. The van der Waals surface area contributed by atoms with Gasteiger partial charge in [0.1, 0.15) is 10.6 Å². The van der Waals surface area contributed by atoms with Gasteiger partial charge in [0, 0.05) is 50.0 Å². The second-order valence-electron chi connectivity index (χ2n) is 8.59. The molecule has 2 heterocycles. The molecule has 6 nitrogen and oxygen atoms in total. The lowest BCUT2D eigenvalue weighted by atomic mass is 10.1. The summed E-state index contributed by atoms with van der Waals surface area (Å²) in [5, 5.41) is 1.21. The van der Waals surface area contributed by atoms with Crippen molar-refractivity contribution in [2.24, 2.45) is 0 Å². The monoisotopic (exact) mass is 473 g/mol. The van der Waals surface area contributed by atoms with Gasteiger partial charge < -0.3 is 9.08 Å². The smallest absolute Gasteiger partial charge is 0.339 e. The molecule has 174 valence electrons. The first-order valence-electron chi connectivity index (χ1n) is 11.4. The van der Waals surface area contributed by atoms with Crippen LogP contribution in [-0.4, -0.2) is 44.5 Å². The normalized spacial score (nSPS) is 14.9. The van der Waals surface area contributed by atoms with Crippen LogP contribution in [-0.2, 0) is 16.7 Å². The Morgan fingerprint density at radius 1 is 0.853 bits per heavy atom. The lowest BCUT2D eigenvalue weighted by Gasteiger charge is -2.36. The fourth-order valence-electron chi connectivity index (χ4n) is 4.29. The fourth-order valence-corrected chi connectivity index (χ4v) is 5.22. The Labute approximate surface area is 200 Å². The van der Waals surface area contributed by atoms with E-state index in [4.69, 9.17) is 4.18 Å². The van der Waals surface area contributed by atoms with Crippen LogP contribution in [0.25, 0.3) is 10.9 Å². The lowest BCUT2D eigenvalue weighted by molar-refractivity contribution is 0.250. The van der Waals surface area contributed by atoms with Gasteiger partial charge in [-0.25, -0.2) is 0 Å². The molecule has 0 amide bonds. The van der Waals surface area contributed by atoms with Crippen LogP contribution in [0.1, 0.15) is 11.1 Å². The van der Waals surface area contributed by atoms with Gasteiger partial charge >= 0.3 is 10.1 Å². The quantitative estimate of drug-likeness (QED) is 0.381. The molecule has 34 heavy (non-hydrogen) atoms. The minimum Gasteiger partial charge on any atom is -0.379 e. The first-order valence-corrected chi connectivity index (χ1v) is 12.8. The van der Waals surface area contributed by atoms with Gasteiger partial charge in [0.2, 0.25) is 0 Å². The average molecular weight is 474 g/mol. The van der Waals surface area contributed by atoms with Gasteiger partial charge in [0.15, 0.2) is 0 Å². The summed E-state index contributed by atoms with van der Waals surface area (Å²) in [7, 11) is -3.85. The van der Waals surface area contributed by atoms with E-state index in [-0.39, 0.29) is 4.90 Å². The number of nitrogens with zero attached hydrogens (tertiary/aromatic N) is 3. The van der Waals surface area contributed by atoms with Crippen molar-refractivity contribution in [3.8, 4) is 5.75 Å². The SMILES string of the molecule is Cc1ccc(S(=O)(=O)Oc2ccc(N3CCN(Cc4ccnc5ccccc45)CC3)cc2)cc1. The molecular formula is C27H27N3O3S. The van der Waals surface area contributed by atoms with Gasteiger partial charge in [0.25, 0.3) is 0 Å². The molecule has 1 saturated heterocycles. The van der Waals surface area contributed by atoms with Crippen LogP contribution in [0.2, 0.25) is 0 Å². The van der Waals surface area contributed by atoms with Crippen LogP contribution < -0.4 is 9.08 Å². The number of benzene rings is 3. The zero-order valence-electron chi connectivity index (χ0n) is 19.1. The lowest BCUT2D eigenvalue weighted by Crippen LogP contribution is -2.46. The van der Waals surface area contributed by atoms with Gasteiger partial charge in [-0.1, -0.05) is 35.9 Å². The van der Waals surface area contributed by atoms with E-state index in [0.29, 0.717) is 5.75 Å². The highest BCUT2D eigenvalue weighted by atomic mass is 32.2. The van der Waals surface area contributed by atoms with Crippen LogP contribution in [0.5, 0.6) is 5.75 Å². The predicted molar refractivity (Wildman–Crippen MR) is 135 cm³/mol. The van der Waals surface area contributed by atoms with Crippen molar-refractivity contribution in [3.63, 3.8) is 0 Å². The molecule has 3 aromatic carbocycles. The zero-order valence-corrected chi connectivity index (χ0v) is 19.9. The van der Waals surface area contributed by atoms with E-state index in [2.05, 4.69) is 39.0 Å². The molecule has 1 aromatic heterocycles. The Balaban J connectivity index is 1.20. The van der Waals surface area contributed by atoms with Crippen LogP contribution in [0.3, 0.4) is 0 Å². The highest BCUT2D eigenvalue weighted by Crippen LogP contribution is 2.25. The maximum Gasteiger partial charge on any atom is 0.339 e. The van der Waals surface area contributed by atoms with E-state index in [1.807, 2.05) is 31.3 Å². The van der Waals surface area contributed by atoms with Gasteiger partial charge in [-0.2, -0.15) is 8.42 Å². The van der Waals surface area contributed by atoms with Crippen molar-refractivity contribution in [2.45, 2.75) is 18.4 Å². The molecule has 5 rings (SSSR count). The summed E-state index contributed by atoms with van der Waals surface area (Å²) in [5.41, 5.74) is 4.40. The van der Waals surface area contributed by atoms with Crippen LogP contribution in [0, 0.1) is 6.92 Å². The van der Waals surface area contributed by atoms with Crippen LogP contribution >= 0.6 is 0 Å². The van der Waals surface area contributed by atoms with E-state index in [0.717, 1.165) is 49.5 Å². The Bertz CT molecular complexity index is 1370. The summed E-state index contributed by atoms with van der Waals surface area (Å²) in [6, 6.07) is 24.3. The Kier molecular flexibility index (Phi) is 6.22. The van der Waals surface area contributed by atoms with E-state index in [1.165, 1.54) is 10.9 Å². The maximum atomic E-state index is 12.5. The summed E-state index contributed by atoms with van der Waals surface area (Å²) in [4.78, 5) is 9.40. The van der Waals surface area contributed by atoms with Gasteiger partial charge in [-0.3, -0.25) is 9.88 Å². The second kappa shape index (κ2) is 9.44. The van der Waals surface area contributed by atoms with Crippen molar-refractivity contribution < 1.29 is 12.6 Å². The third-order valence-corrected chi connectivity index (χ3v) is 7.48. The molecule has 7 heteroatoms. The molecule has 1 aliphatic heterocycles. The second-order valence-corrected chi connectivity index (χ2v) is 10.1. The highest BCUT2D eigenvalue weighted by Gasteiger charge is 2.20. The number of aryl methyl sites for hydroxylation is 1. The van der Waals surface area contributed by atoms with E-state index >= 15 is 0 Å². The maximum absolute atomic E-state index is 12.5. The minimum atomic E-state index is -3.85. The third-order valence-electron chi connectivity index (χ3n) is 6.22. The summed E-state index contributed by atoms with van der Waals surface area (Å²) in [6.45, 7) is 6.54. The average Bonchev–Trinajstić information content (AvgIpc) is 2.85. The van der Waals surface area contributed by atoms with E-state index in [1.54, 1.807) is 36.4 Å². The number of anilines is 1. The van der Waals surface area contributed by atoms with Gasteiger partial charge in [-0.15, -0.1) is 0 Å². The van der Waals surface area contributed by atoms with Crippen molar-refractivity contribution in [3.05, 3.63) is 96.2 Å². The minimum absolute atomic E-state index is 0.153. The van der Waals surface area contributed by atoms with Crippen molar-refractivity contribution in [1.82, 2.24) is 9.88 Å². The third kappa shape index (κ3) is 4.90. The molecule has 0 N–H and O–H groups in total. The first kappa shape index (κ1) is 22.4. The van der Waals surface area contributed by atoms with E-state index < -0.39 is 10.1 Å². The zero-order chi connectivity index (χ0) is 23.5. The molecule has 4 aromatic rings. The molecule has 0 atom stereocenters. The number of aromatic nitrogens is 1. The Morgan fingerprint density at radius 3 is 2.29 bits per heavy atom. The van der Waals surface area contributed by atoms with Crippen molar-refractivity contribution >= 4 is 26.7 Å². The molecule has 0 unspecified atom stereocenters. The van der Waals surface area contributed by atoms with E-state index in [9.17, 15) is 8.42 Å². The number of piperazine rings is 1. The largest absolute Gasteiger partial charge is 0.379 e.